The molecule has 2 fully saturated rings. The average molecular weight is 212 g/mol. The molecule has 4 nitrogen and oxygen atoms in total. The van der Waals surface area contributed by atoms with Crippen LogP contribution in [0.4, 0.5) is 0 Å². The highest BCUT2D eigenvalue weighted by atomic mass is 16.5. The van der Waals surface area contributed by atoms with Crippen LogP contribution in [0.25, 0.3) is 0 Å². The highest BCUT2D eigenvalue weighted by molar-refractivity contribution is 5.79. The van der Waals surface area contributed by atoms with E-state index in [1.54, 1.807) is 0 Å². The largest absolute Gasteiger partial charge is 0.372 e. The third kappa shape index (κ3) is 2.49. The van der Waals surface area contributed by atoms with Crippen molar-refractivity contribution in [2.45, 2.75) is 32.5 Å². The van der Waals surface area contributed by atoms with Crippen LogP contribution in [0.3, 0.4) is 0 Å². The molecule has 0 saturated carbocycles. The lowest BCUT2D eigenvalue weighted by Gasteiger charge is -2.36. The molecule has 0 aliphatic carbocycles. The van der Waals surface area contributed by atoms with Crippen LogP contribution >= 0.6 is 0 Å². The molecule has 86 valence electrons. The minimum Gasteiger partial charge on any atom is -0.372 e. The van der Waals surface area contributed by atoms with Crippen molar-refractivity contribution < 1.29 is 9.53 Å². The van der Waals surface area contributed by atoms with E-state index < -0.39 is 0 Å². The Kier molecular flexibility index (Phi) is 3.26. The number of hydrogen-bond donors (Lipinski definition) is 1. The Morgan fingerprint density at radius 1 is 1.33 bits per heavy atom. The number of ether oxygens (including phenoxy) is 1. The normalized spacial score (nSPS) is 36.9. The van der Waals surface area contributed by atoms with Crippen LogP contribution in [-0.4, -0.2) is 49.2 Å². The minimum absolute atomic E-state index is 0.173. The number of carbonyl (C=O) groups is 1. The molecule has 3 atom stereocenters. The summed E-state index contributed by atoms with van der Waals surface area (Å²) in [4.78, 5) is 14.1. The maximum Gasteiger partial charge on any atom is 0.227 e. The van der Waals surface area contributed by atoms with E-state index in [0.29, 0.717) is 5.91 Å². The summed E-state index contributed by atoms with van der Waals surface area (Å²) in [6.45, 7) is 7.38. The van der Waals surface area contributed by atoms with Crippen molar-refractivity contribution in [1.82, 2.24) is 10.2 Å². The molecule has 0 aromatic carbocycles. The first-order chi connectivity index (χ1) is 7.16. The van der Waals surface area contributed by atoms with Gasteiger partial charge in [-0.3, -0.25) is 4.79 Å². The Morgan fingerprint density at radius 3 is 2.53 bits per heavy atom. The SMILES string of the molecule is CC1CN(C(=O)C2CCNC2)CC(C)O1. The summed E-state index contributed by atoms with van der Waals surface area (Å²) in [6, 6.07) is 0. The summed E-state index contributed by atoms with van der Waals surface area (Å²) in [7, 11) is 0. The van der Waals surface area contributed by atoms with E-state index in [1.165, 1.54) is 0 Å². The third-order valence-electron chi connectivity index (χ3n) is 3.14. The van der Waals surface area contributed by atoms with Crippen molar-refractivity contribution in [2.75, 3.05) is 26.2 Å². The zero-order valence-electron chi connectivity index (χ0n) is 9.53. The second kappa shape index (κ2) is 4.49. The van der Waals surface area contributed by atoms with Gasteiger partial charge >= 0.3 is 0 Å². The third-order valence-corrected chi connectivity index (χ3v) is 3.14. The van der Waals surface area contributed by atoms with Crippen molar-refractivity contribution in [3.63, 3.8) is 0 Å². The van der Waals surface area contributed by atoms with Gasteiger partial charge in [0.1, 0.15) is 0 Å². The van der Waals surface area contributed by atoms with Crippen molar-refractivity contribution in [1.29, 1.82) is 0 Å². The van der Waals surface area contributed by atoms with E-state index >= 15 is 0 Å². The second-order valence-electron chi connectivity index (χ2n) is 4.69. The van der Waals surface area contributed by atoms with Gasteiger partial charge in [-0.2, -0.15) is 0 Å². The van der Waals surface area contributed by atoms with Crippen LogP contribution in [0.5, 0.6) is 0 Å². The molecule has 2 heterocycles. The number of hydrogen-bond acceptors (Lipinski definition) is 3. The topological polar surface area (TPSA) is 41.6 Å². The molecule has 0 bridgehead atoms. The van der Waals surface area contributed by atoms with Gasteiger partial charge in [-0.1, -0.05) is 0 Å². The summed E-state index contributed by atoms with van der Waals surface area (Å²) < 4.78 is 5.62. The first-order valence-corrected chi connectivity index (χ1v) is 5.82. The molecule has 4 heteroatoms. The van der Waals surface area contributed by atoms with Gasteiger partial charge in [0.15, 0.2) is 0 Å². The van der Waals surface area contributed by atoms with Crippen molar-refractivity contribution in [3.8, 4) is 0 Å². The maximum absolute atomic E-state index is 12.1. The van der Waals surface area contributed by atoms with Crippen LogP contribution in [0.2, 0.25) is 0 Å². The van der Waals surface area contributed by atoms with Gasteiger partial charge in [0.2, 0.25) is 5.91 Å². The monoisotopic (exact) mass is 212 g/mol. The summed E-state index contributed by atoms with van der Waals surface area (Å²) in [6.07, 6.45) is 1.33. The van der Waals surface area contributed by atoms with Gasteiger partial charge in [-0.05, 0) is 26.8 Å². The van der Waals surface area contributed by atoms with Crippen LogP contribution in [0.1, 0.15) is 20.3 Å². The van der Waals surface area contributed by atoms with E-state index in [9.17, 15) is 4.79 Å². The summed E-state index contributed by atoms with van der Waals surface area (Å²) in [5.41, 5.74) is 0. The first-order valence-electron chi connectivity index (χ1n) is 5.82. The zero-order chi connectivity index (χ0) is 10.8. The quantitative estimate of drug-likeness (QED) is 0.676. The van der Waals surface area contributed by atoms with Crippen LogP contribution in [-0.2, 0) is 9.53 Å². The molecular formula is C11H20N2O2. The van der Waals surface area contributed by atoms with Gasteiger partial charge in [0.25, 0.3) is 0 Å². The number of amides is 1. The fraction of sp³-hybridized carbons (Fsp3) is 0.909. The Balaban J connectivity index is 1.93. The highest BCUT2D eigenvalue weighted by Gasteiger charge is 2.31. The van der Waals surface area contributed by atoms with E-state index in [2.05, 4.69) is 5.32 Å². The molecule has 0 aromatic rings. The predicted octanol–water partition coefficient (Wildman–Crippen LogP) is 0.232. The van der Waals surface area contributed by atoms with E-state index in [-0.39, 0.29) is 18.1 Å². The van der Waals surface area contributed by atoms with Gasteiger partial charge in [0, 0.05) is 19.6 Å². The predicted molar refractivity (Wildman–Crippen MR) is 57.6 cm³/mol. The summed E-state index contributed by atoms with van der Waals surface area (Å²) >= 11 is 0. The fourth-order valence-electron chi connectivity index (χ4n) is 2.48. The fourth-order valence-corrected chi connectivity index (χ4v) is 2.48. The molecule has 0 aromatic heterocycles. The van der Waals surface area contributed by atoms with Gasteiger partial charge < -0.3 is 15.0 Å². The second-order valence-corrected chi connectivity index (χ2v) is 4.69. The Morgan fingerprint density at radius 2 is 2.00 bits per heavy atom. The highest BCUT2D eigenvalue weighted by Crippen LogP contribution is 2.17. The Bertz CT molecular complexity index is 229. The molecular weight excluding hydrogens is 192 g/mol. The number of rotatable bonds is 1. The number of carbonyl (C=O) groups excluding carboxylic acids is 1. The standard InChI is InChI=1S/C11H20N2O2/c1-8-6-13(7-9(2)15-8)11(14)10-3-4-12-5-10/h8-10,12H,3-7H2,1-2H3. The molecule has 1 amide bonds. The average Bonchev–Trinajstić information content (AvgIpc) is 2.67. The Hall–Kier alpha value is -0.610. The van der Waals surface area contributed by atoms with Crippen molar-refractivity contribution in [2.24, 2.45) is 5.92 Å². The van der Waals surface area contributed by atoms with Gasteiger partial charge in [-0.25, -0.2) is 0 Å². The van der Waals surface area contributed by atoms with Gasteiger partial charge in [0.05, 0.1) is 18.1 Å². The number of morpholine rings is 1. The number of nitrogens with one attached hydrogen (secondary N) is 1. The lowest BCUT2D eigenvalue weighted by atomic mass is 10.1. The lowest BCUT2D eigenvalue weighted by molar-refractivity contribution is -0.146. The summed E-state index contributed by atoms with van der Waals surface area (Å²) in [5, 5.41) is 3.24. The lowest BCUT2D eigenvalue weighted by Crippen LogP contribution is -2.50. The molecule has 2 aliphatic rings. The molecule has 2 rings (SSSR count). The van der Waals surface area contributed by atoms with E-state index in [4.69, 9.17) is 4.74 Å². The van der Waals surface area contributed by atoms with Crippen molar-refractivity contribution in [3.05, 3.63) is 0 Å². The molecule has 0 radical (unpaired) electrons. The zero-order valence-corrected chi connectivity index (χ0v) is 9.53. The smallest absolute Gasteiger partial charge is 0.227 e. The molecule has 1 N–H and O–H groups in total. The van der Waals surface area contributed by atoms with Crippen LogP contribution in [0.15, 0.2) is 0 Å². The van der Waals surface area contributed by atoms with Crippen LogP contribution < -0.4 is 5.32 Å². The van der Waals surface area contributed by atoms with Crippen LogP contribution in [0, 0.1) is 5.92 Å². The summed E-state index contributed by atoms with van der Waals surface area (Å²) in [5.74, 6) is 0.504. The van der Waals surface area contributed by atoms with E-state index in [0.717, 1.165) is 32.6 Å². The van der Waals surface area contributed by atoms with Gasteiger partial charge in [-0.15, -0.1) is 0 Å². The molecule has 3 unspecified atom stereocenters. The molecule has 0 spiro atoms. The Labute approximate surface area is 91.0 Å². The maximum atomic E-state index is 12.1. The minimum atomic E-state index is 0.173. The number of nitrogens with zero attached hydrogens (tertiary/aromatic N) is 1. The molecule has 2 aliphatic heterocycles. The van der Waals surface area contributed by atoms with Crippen molar-refractivity contribution >= 4 is 5.91 Å². The van der Waals surface area contributed by atoms with E-state index in [1.807, 2.05) is 18.7 Å². The first kappa shape index (κ1) is 10.9. The molecule has 2 saturated heterocycles. The molecule has 15 heavy (non-hydrogen) atoms.